The lowest BCUT2D eigenvalue weighted by molar-refractivity contribution is 0.0953. The summed E-state index contributed by atoms with van der Waals surface area (Å²) in [7, 11) is -2.21. The van der Waals surface area contributed by atoms with Crippen LogP contribution in [0, 0.1) is 13.8 Å². The molecule has 1 aliphatic rings. The first-order chi connectivity index (χ1) is 11.3. The molecule has 5 nitrogen and oxygen atoms in total. The molecule has 0 heterocycles. The van der Waals surface area contributed by atoms with E-state index in [-0.39, 0.29) is 10.8 Å². The third kappa shape index (κ3) is 4.45. The molecular formula is C18H26N2O3S. The van der Waals surface area contributed by atoms with E-state index in [1.165, 1.54) is 31.5 Å². The summed E-state index contributed by atoms with van der Waals surface area (Å²) in [6, 6.07) is 3.18. The van der Waals surface area contributed by atoms with E-state index in [0.29, 0.717) is 17.7 Å². The fourth-order valence-electron chi connectivity index (χ4n) is 2.92. The zero-order valence-electron chi connectivity index (χ0n) is 14.6. The average molecular weight is 350 g/mol. The van der Waals surface area contributed by atoms with Crippen molar-refractivity contribution in [3.63, 3.8) is 0 Å². The monoisotopic (exact) mass is 350 g/mol. The van der Waals surface area contributed by atoms with Gasteiger partial charge >= 0.3 is 0 Å². The molecule has 0 aliphatic heterocycles. The van der Waals surface area contributed by atoms with E-state index in [2.05, 4.69) is 16.1 Å². The van der Waals surface area contributed by atoms with Crippen LogP contribution in [0.4, 0.5) is 0 Å². The van der Waals surface area contributed by atoms with Crippen molar-refractivity contribution in [3.05, 3.63) is 40.5 Å². The molecule has 1 aromatic carbocycles. The predicted molar refractivity (Wildman–Crippen MR) is 95.7 cm³/mol. The lowest BCUT2D eigenvalue weighted by Crippen LogP contribution is -2.26. The maximum Gasteiger partial charge on any atom is 0.251 e. The fourth-order valence-corrected chi connectivity index (χ4v) is 3.98. The van der Waals surface area contributed by atoms with Crippen molar-refractivity contribution in [1.82, 2.24) is 10.0 Å². The minimum atomic E-state index is -3.58. The highest BCUT2D eigenvalue weighted by molar-refractivity contribution is 7.89. The summed E-state index contributed by atoms with van der Waals surface area (Å²) < 4.78 is 26.5. The van der Waals surface area contributed by atoms with Crippen molar-refractivity contribution in [2.24, 2.45) is 0 Å². The van der Waals surface area contributed by atoms with Gasteiger partial charge in [-0.25, -0.2) is 13.1 Å². The van der Waals surface area contributed by atoms with Gasteiger partial charge in [0.25, 0.3) is 5.91 Å². The van der Waals surface area contributed by atoms with Gasteiger partial charge in [-0.3, -0.25) is 4.79 Å². The van der Waals surface area contributed by atoms with Crippen LogP contribution in [0.3, 0.4) is 0 Å². The number of hydrogen-bond donors (Lipinski definition) is 2. The zero-order valence-corrected chi connectivity index (χ0v) is 15.4. The first-order valence-corrected chi connectivity index (χ1v) is 9.84. The molecule has 132 valence electrons. The van der Waals surface area contributed by atoms with Gasteiger partial charge < -0.3 is 5.32 Å². The third-order valence-electron chi connectivity index (χ3n) is 4.56. The molecular weight excluding hydrogens is 324 g/mol. The van der Waals surface area contributed by atoms with Gasteiger partial charge in [0, 0.05) is 12.1 Å². The van der Waals surface area contributed by atoms with Gasteiger partial charge in [0.1, 0.15) is 0 Å². The number of carbonyl (C=O) groups is 1. The van der Waals surface area contributed by atoms with Crippen LogP contribution in [0.2, 0.25) is 0 Å². The van der Waals surface area contributed by atoms with Crippen molar-refractivity contribution in [2.45, 2.75) is 50.8 Å². The maximum absolute atomic E-state index is 12.4. The molecule has 0 spiro atoms. The lowest BCUT2D eigenvalue weighted by Gasteiger charge is -2.14. The summed E-state index contributed by atoms with van der Waals surface area (Å²) >= 11 is 0. The van der Waals surface area contributed by atoms with Crippen molar-refractivity contribution >= 4 is 15.9 Å². The second kappa shape index (κ2) is 7.94. The number of amides is 1. The standard InChI is InChI=1S/C18H26N2O3S/c1-13-11-16(12-17(14(13)2)24(22,23)19-3)18(21)20-10-9-15-7-5-4-6-8-15/h7,11-12,19H,4-6,8-10H2,1-3H3,(H,20,21). The van der Waals surface area contributed by atoms with Crippen LogP contribution in [-0.4, -0.2) is 27.9 Å². The van der Waals surface area contributed by atoms with Crippen LogP contribution in [0.25, 0.3) is 0 Å². The van der Waals surface area contributed by atoms with Gasteiger partial charge in [0.05, 0.1) is 4.90 Å². The molecule has 0 fully saturated rings. The van der Waals surface area contributed by atoms with E-state index in [0.717, 1.165) is 24.8 Å². The zero-order chi connectivity index (χ0) is 17.7. The minimum absolute atomic E-state index is 0.158. The highest BCUT2D eigenvalue weighted by atomic mass is 32.2. The third-order valence-corrected chi connectivity index (χ3v) is 6.10. The number of sulfonamides is 1. The highest BCUT2D eigenvalue weighted by Gasteiger charge is 2.19. The van der Waals surface area contributed by atoms with Gasteiger partial charge in [0.15, 0.2) is 0 Å². The van der Waals surface area contributed by atoms with Gasteiger partial charge in [0.2, 0.25) is 10.0 Å². The van der Waals surface area contributed by atoms with Crippen LogP contribution in [0.1, 0.15) is 53.6 Å². The Morgan fingerprint density at radius 2 is 1.96 bits per heavy atom. The molecule has 1 amide bonds. The van der Waals surface area contributed by atoms with Crippen molar-refractivity contribution in [1.29, 1.82) is 0 Å². The average Bonchev–Trinajstić information content (AvgIpc) is 2.57. The summed E-state index contributed by atoms with van der Waals surface area (Å²) in [6.07, 6.45) is 7.85. The predicted octanol–water partition coefficient (Wildman–Crippen LogP) is 2.83. The number of nitrogens with one attached hydrogen (secondary N) is 2. The van der Waals surface area contributed by atoms with Crippen molar-refractivity contribution < 1.29 is 13.2 Å². The Morgan fingerprint density at radius 3 is 2.58 bits per heavy atom. The molecule has 2 rings (SSSR count). The molecule has 0 saturated carbocycles. The van der Waals surface area contributed by atoms with E-state index in [9.17, 15) is 13.2 Å². The minimum Gasteiger partial charge on any atom is -0.352 e. The molecule has 1 aromatic rings. The SMILES string of the molecule is CNS(=O)(=O)c1cc(C(=O)NCCC2=CCCCC2)cc(C)c1C. The fraction of sp³-hybridized carbons (Fsp3) is 0.500. The Kier molecular flexibility index (Phi) is 6.18. The summed E-state index contributed by atoms with van der Waals surface area (Å²) in [4.78, 5) is 12.5. The van der Waals surface area contributed by atoms with E-state index in [1.807, 2.05) is 6.92 Å². The van der Waals surface area contributed by atoms with Gasteiger partial charge in [-0.15, -0.1) is 0 Å². The second-order valence-electron chi connectivity index (χ2n) is 6.24. The Bertz CT molecular complexity index is 752. The number of rotatable bonds is 6. The molecule has 0 bridgehead atoms. The Hall–Kier alpha value is -1.66. The maximum atomic E-state index is 12.4. The summed E-state index contributed by atoms with van der Waals surface area (Å²) in [5.74, 6) is -0.234. The van der Waals surface area contributed by atoms with E-state index >= 15 is 0 Å². The molecule has 6 heteroatoms. The van der Waals surface area contributed by atoms with E-state index in [4.69, 9.17) is 0 Å². The van der Waals surface area contributed by atoms with Crippen LogP contribution in [0.15, 0.2) is 28.7 Å². The molecule has 0 radical (unpaired) electrons. The van der Waals surface area contributed by atoms with Gasteiger partial charge in [-0.2, -0.15) is 0 Å². The quantitative estimate of drug-likeness (QED) is 0.775. The first-order valence-electron chi connectivity index (χ1n) is 8.36. The molecule has 24 heavy (non-hydrogen) atoms. The van der Waals surface area contributed by atoms with E-state index < -0.39 is 10.0 Å². The number of carbonyl (C=O) groups excluding carboxylic acids is 1. The second-order valence-corrected chi connectivity index (χ2v) is 8.09. The van der Waals surface area contributed by atoms with Crippen molar-refractivity contribution in [3.8, 4) is 0 Å². The van der Waals surface area contributed by atoms with Gasteiger partial charge in [-0.1, -0.05) is 11.6 Å². The number of benzene rings is 1. The number of allylic oxidation sites excluding steroid dienone is 1. The summed E-state index contributed by atoms with van der Waals surface area (Å²) in [5.41, 5.74) is 3.23. The summed E-state index contributed by atoms with van der Waals surface area (Å²) in [6.45, 7) is 4.14. The highest BCUT2D eigenvalue weighted by Crippen LogP contribution is 2.22. The molecule has 0 atom stereocenters. The van der Waals surface area contributed by atoms with E-state index in [1.54, 1.807) is 13.0 Å². The van der Waals surface area contributed by atoms with Crippen LogP contribution in [-0.2, 0) is 10.0 Å². The first kappa shape index (κ1) is 18.7. The molecule has 0 unspecified atom stereocenters. The smallest absolute Gasteiger partial charge is 0.251 e. The number of aryl methyl sites for hydroxylation is 1. The van der Waals surface area contributed by atoms with Crippen LogP contribution >= 0.6 is 0 Å². The Labute approximate surface area is 144 Å². The largest absolute Gasteiger partial charge is 0.352 e. The Morgan fingerprint density at radius 1 is 1.21 bits per heavy atom. The number of hydrogen-bond acceptors (Lipinski definition) is 3. The van der Waals surface area contributed by atoms with Crippen molar-refractivity contribution in [2.75, 3.05) is 13.6 Å². The normalized spacial score (nSPS) is 15.0. The lowest BCUT2D eigenvalue weighted by atomic mass is 9.97. The molecule has 0 aromatic heterocycles. The molecule has 1 aliphatic carbocycles. The topological polar surface area (TPSA) is 75.3 Å². The van der Waals surface area contributed by atoms with Crippen LogP contribution < -0.4 is 10.0 Å². The van der Waals surface area contributed by atoms with Gasteiger partial charge in [-0.05, 0) is 76.3 Å². The molecule has 2 N–H and O–H groups in total. The van der Waals surface area contributed by atoms with Crippen LogP contribution in [0.5, 0.6) is 0 Å². The molecule has 0 saturated heterocycles. The Balaban J connectivity index is 2.10. The summed E-state index contributed by atoms with van der Waals surface area (Å²) in [5, 5.41) is 2.89.